The first-order chi connectivity index (χ1) is 8.74. The van der Waals surface area contributed by atoms with Crippen LogP contribution in [-0.2, 0) is 6.54 Å². The molecule has 2 rings (SSSR count). The maximum atomic E-state index is 6.08. The van der Waals surface area contributed by atoms with Crippen molar-refractivity contribution in [3.05, 3.63) is 42.2 Å². The van der Waals surface area contributed by atoms with Gasteiger partial charge in [0.15, 0.2) is 5.75 Å². The summed E-state index contributed by atoms with van der Waals surface area (Å²) in [5.41, 5.74) is 7.11. The predicted molar refractivity (Wildman–Crippen MR) is 71.6 cm³/mol. The number of aryl methyl sites for hydroxylation is 1. The summed E-state index contributed by atoms with van der Waals surface area (Å²) >= 11 is 0. The van der Waals surface area contributed by atoms with E-state index in [-0.39, 0.29) is 6.04 Å². The molecule has 4 nitrogen and oxygen atoms in total. The SMILES string of the molecule is CCC(N)c1ccccc1Oc1cnn(CC)c1. The second-order valence-electron chi connectivity index (χ2n) is 4.19. The molecule has 1 aromatic heterocycles. The first-order valence-corrected chi connectivity index (χ1v) is 6.29. The van der Waals surface area contributed by atoms with E-state index in [4.69, 9.17) is 10.5 Å². The Labute approximate surface area is 107 Å². The fourth-order valence-corrected chi connectivity index (χ4v) is 1.80. The van der Waals surface area contributed by atoms with Crippen molar-refractivity contribution in [2.24, 2.45) is 5.73 Å². The van der Waals surface area contributed by atoms with Gasteiger partial charge in [0.05, 0.1) is 12.4 Å². The minimum atomic E-state index is 0.00224. The Kier molecular flexibility index (Phi) is 3.99. The molecule has 0 amide bonds. The minimum absolute atomic E-state index is 0.00224. The summed E-state index contributed by atoms with van der Waals surface area (Å²) in [5, 5.41) is 4.19. The van der Waals surface area contributed by atoms with Crippen LogP contribution in [-0.4, -0.2) is 9.78 Å². The lowest BCUT2D eigenvalue weighted by Crippen LogP contribution is -2.09. The topological polar surface area (TPSA) is 53.1 Å². The monoisotopic (exact) mass is 245 g/mol. The molecule has 1 heterocycles. The molecule has 0 aliphatic heterocycles. The summed E-state index contributed by atoms with van der Waals surface area (Å²) in [6, 6.07) is 7.88. The minimum Gasteiger partial charge on any atom is -0.454 e. The van der Waals surface area contributed by atoms with Crippen molar-refractivity contribution in [2.45, 2.75) is 32.9 Å². The highest BCUT2D eigenvalue weighted by Gasteiger charge is 2.11. The first kappa shape index (κ1) is 12.6. The highest BCUT2D eigenvalue weighted by molar-refractivity contribution is 5.38. The number of hydrogen-bond acceptors (Lipinski definition) is 3. The molecule has 2 N–H and O–H groups in total. The van der Waals surface area contributed by atoms with E-state index in [1.54, 1.807) is 6.20 Å². The number of rotatable bonds is 5. The number of hydrogen-bond donors (Lipinski definition) is 1. The number of para-hydroxylation sites is 1. The van der Waals surface area contributed by atoms with Gasteiger partial charge in [-0.3, -0.25) is 4.68 Å². The van der Waals surface area contributed by atoms with E-state index in [0.29, 0.717) is 0 Å². The summed E-state index contributed by atoms with van der Waals surface area (Å²) in [6.07, 6.45) is 4.49. The Balaban J connectivity index is 2.23. The van der Waals surface area contributed by atoms with Crippen molar-refractivity contribution >= 4 is 0 Å². The van der Waals surface area contributed by atoms with Crippen LogP contribution < -0.4 is 10.5 Å². The molecule has 0 spiro atoms. The van der Waals surface area contributed by atoms with Crippen LogP contribution in [0.15, 0.2) is 36.7 Å². The van der Waals surface area contributed by atoms with Gasteiger partial charge >= 0.3 is 0 Å². The van der Waals surface area contributed by atoms with E-state index in [9.17, 15) is 0 Å². The molecule has 1 atom stereocenters. The van der Waals surface area contributed by atoms with Crippen molar-refractivity contribution in [3.8, 4) is 11.5 Å². The predicted octanol–water partition coefficient (Wildman–Crippen LogP) is 3.11. The van der Waals surface area contributed by atoms with Crippen LogP contribution in [0.4, 0.5) is 0 Å². The standard InChI is InChI=1S/C14H19N3O/c1-3-13(15)12-7-5-6-8-14(12)18-11-9-16-17(4-2)10-11/h5-10,13H,3-4,15H2,1-2H3. The molecule has 0 bridgehead atoms. The summed E-state index contributed by atoms with van der Waals surface area (Å²) in [5.74, 6) is 1.55. The molecule has 2 aromatic rings. The Bertz CT molecular complexity index is 507. The molecule has 1 aromatic carbocycles. The van der Waals surface area contributed by atoms with Gasteiger partial charge in [0, 0.05) is 18.2 Å². The lowest BCUT2D eigenvalue weighted by Gasteiger charge is -2.14. The average molecular weight is 245 g/mol. The van der Waals surface area contributed by atoms with Crippen molar-refractivity contribution in [3.63, 3.8) is 0 Å². The van der Waals surface area contributed by atoms with Crippen molar-refractivity contribution in [1.29, 1.82) is 0 Å². The van der Waals surface area contributed by atoms with E-state index in [0.717, 1.165) is 30.0 Å². The number of nitrogens with two attached hydrogens (primary N) is 1. The molecule has 0 fully saturated rings. The van der Waals surface area contributed by atoms with Crippen LogP contribution in [0.5, 0.6) is 11.5 Å². The van der Waals surface area contributed by atoms with Crippen LogP contribution in [0.25, 0.3) is 0 Å². The zero-order valence-electron chi connectivity index (χ0n) is 10.8. The molecule has 0 saturated carbocycles. The number of ether oxygens (including phenoxy) is 1. The number of aromatic nitrogens is 2. The molecule has 0 aliphatic rings. The fourth-order valence-electron chi connectivity index (χ4n) is 1.80. The van der Waals surface area contributed by atoms with Gasteiger partial charge in [-0.15, -0.1) is 0 Å². The average Bonchev–Trinajstić information content (AvgIpc) is 2.86. The van der Waals surface area contributed by atoms with Gasteiger partial charge in [-0.25, -0.2) is 0 Å². The zero-order chi connectivity index (χ0) is 13.0. The fraction of sp³-hybridized carbons (Fsp3) is 0.357. The first-order valence-electron chi connectivity index (χ1n) is 6.29. The van der Waals surface area contributed by atoms with Gasteiger partial charge in [0.25, 0.3) is 0 Å². The summed E-state index contributed by atoms with van der Waals surface area (Å²) < 4.78 is 7.68. The second-order valence-corrected chi connectivity index (χ2v) is 4.19. The highest BCUT2D eigenvalue weighted by atomic mass is 16.5. The summed E-state index contributed by atoms with van der Waals surface area (Å²) in [4.78, 5) is 0. The van der Waals surface area contributed by atoms with Crippen LogP contribution in [0.3, 0.4) is 0 Å². The molecular formula is C14H19N3O. The van der Waals surface area contributed by atoms with E-state index in [1.807, 2.05) is 42.1 Å². The van der Waals surface area contributed by atoms with Gasteiger partial charge in [-0.05, 0) is 19.4 Å². The smallest absolute Gasteiger partial charge is 0.165 e. The molecule has 96 valence electrons. The quantitative estimate of drug-likeness (QED) is 0.880. The van der Waals surface area contributed by atoms with Gasteiger partial charge in [-0.1, -0.05) is 25.1 Å². The third kappa shape index (κ3) is 2.71. The Morgan fingerprint density at radius 3 is 2.78 bits per heavy atom. The van der Waals surface area contributed by atoms with Crippen LogP contribution in [0.2, 0.25) is 0 Å². The van der Waals surface area contributed by atoms with Gasteiger partial charge in [-0.2, -0.15) is 5.10 Å². The molecular weight excluding hydrogens is 226 g/mol. The summed E-state index contributed by atoms with van der Waals surface area (Å²) in [6.45, 7) is 4.94. The zero-order valence-corrected chi connectivity index (χ0v) is 10.8. The Morgan fingerprint density at radius 1 is 1.33 bits per heavy atom. The molecule has 0 saturated heterocycles. The van der Waals surface area contributed by atoms with E-state index >= 15 is 0 Å². The lowest BCUT2D eigenvalue weighted by atomic mass is 10.0. The second kappa shape index (κ2) is 5.69. The number of nitrogens with zero attached hydrogens (tertiary/aromatic N) is 2. The van der Waals surface area contributed by atoms with Crippen molar-refractivity contribution in [2.75, 3.05) is 0 Å². The van der Waals surface area contributed by atoms with E-state index < -0.39 is 0 Å². The largest absolute Gasteiger partial charge is 0.454 e. The van der Waals surface area contributed by atoms with Crippen LogP contribution in [0.1, 0.15) is 31.9 Å². The molecule has 0 aliphatic carbocycles. The van der Waals surface area contributed by atoms with Gasteiger partial charge < -0.3 is 10.5 Å². The van der Waals surface area contributed by atoms with Gasteiger partial charge in [0.2, 0.25) is 0 Å². The van der Waals surface area contributed by atoms with Crippen molar-refractivity contribution in [1.82, 2.24) is 9.78 Å². The normalized spacial score (nSPS) is 12.4. The van der Waals surface area contributed by atoms with E-state index in [1.165, 1.54) is 0 Å². The van der Waals surface area contributed by atoms with Crippen LogP contribution >= 0.6 is 0 Å². The molecule has 4 heteroatoms. The van der Waals surface area contributed by atoms with Crippen molar-refractivity contribution < 1.29 is 4.74 Å². The Morgan fingerprint density at radius 2 is 2.11 bits per heavy atom. The van der Waals surface area contributed by atoms with Gasteiger partial charge in [0.1, 0.15) is 5.75 Å². The van der Waals surface area contributed by atoms with E-state index in [2.05, 4.69) is 12.0 Å². The third-order valence-corrected chi connectivity index (χ3v) is 2.92. The lowest BCUT2D eigenvalue weighted by molar-refractivity contribution is 0.467. The molecule has 0 radical (unpaired) electrons. The number of benzene rings is 1. The maximum Gasteiger partial charge on any atom is 0.165 e. The highest BCUT2D eigenvalue weighted by Crippen LogP contribution is 2.29. The Hall–Kier alpha value is -1.81. The maximum absolute atomic E-state index is 6.08. The molecule has 1 unspecified atom stereocenters. The summed E-state index contributed by atoms with van der Waals surface area (Å²) in [7, 11) is 0. The third-order valence-electron chi connectivity index (χ3n) is 2.92. The van der Waals surface area contributed by atoms with Crippen LogP contribution in [0, 0.1) is 0 Å². The molecule has 18 heavy (non-hydrogen) atoms.